The van der Waals surface area contributed by atoms with Gasteiger partial charge in [-0.3, -0.25) is 0 Å². The molecule has 102 valence electrons. The third-order valence-electron chi connectivity index (χ3n) is 2.91. The average Bonchev–Trinajstić information content (AvgIpc) is 2.31. The summed E-state index contributed by atoms with van der Waals surface area (Å²) < 4.78 is 13.4. The minimum Gasteiger partial charge on any atom is -0.395 e. The fraction of sp³-hybridized carbons (Fsp3) is 0.571. The van der Waals surface area contributed by atoms with Gasteiger partial charge in [0.05, 0.1) is 11.6 Å². The molecule has 0 aliphatic carbocycles. The first kappa shape index (κ1) is 15.4. The summed E-state index contributed by atoms with van der Waals surface area (Å²) >= 11 is 5.65. The first-order valence-electron chi connectivity index (χ1n) is 6.26. The molecular weight excluding hydrogens is 253 g/mol. The molecule has 0 fully saturated rings. The second-order valence-electron chi connectivity index (χ2n) is 5.07. The van der Waals surface area contributed by atoms with Gasteiger partial charge in [-0.2, -0.15) is 0 Å². The Bertz CT molecular complexity index is 384. The highest BCUT2D eigenvalue weighted by molar-refractivity contribution is 6.30. The zero-order chi connectivity index (χ0) is 13.7. The van der Waals surface area contributed by atoms with Crippen LogP contribution in [0.1, 0.15) is 38.8 Å². The number of hydrogen-bond donors (Lipinski definition) is 2. The number of benzene rings is 1. The van der Waals surface area contributed by atoms with Crippen LogP contribution in [0.3, 0.4) is 0 Å². The Labute approximate surface area is 113 Å². The molecule has 1 rings (SSSR count). The van der Waals surface area contributed by atoms with E-state index in [0.717, 1.165) is 12.0 Å². The number of nitrogens with one attached hydrogen (secondary N) is 1. The number of halogens is 2. The smallest absolute Gasteiger partial charge is 0.142 e. The highest BCUT2D eigenvalue weighted by Gasteiger charge is 2.15. The molecule has 0 saturated heterocycles. The van der Waals surface area contributed by atoms with Crippen molar-refractivity contribution in [1.82, 2.24) is 5.32 Å². The van der Waals surface area contributed by atoms with E-state index in [0.29, 0.717) is 5.92 Å². The normalized spacial score (nSPS) is 14.8. The Kier molecular flexibility index (Phi) is 6.06. The van der Waals surface area contributed by atoms with Crippen LogP contribution in [0, 0.1) is 11.7 Å². The van der Waals surface area contributed by atoms with Crippen LogP contribution in [0.2, 0.25) is 5.02 Å². The maximum Gasteiger partial charge on any atom is 0.142 e. The zero-order valence-corrected chi connectivity index (χ0v) is 11.8. The fourth-order valence-corrected chi connectivity index (χ4v) is 2.11. The van der Waals surface area contributed by atoms with Gasteiger partial charge in [-0.05, 0) is 37.0 Å². The lowest BCUT2D eigenvalue weighted by Crippen LogP contribution is -2.35. The van der Waals surface area contributed by atoms with Crippen molar-refractivity contribution in [3.05, 3.63) is 34.6 Å². The number of aliphatic hydroxyl groups excluding tert-OH is 1. The van der Waals surface area contributed by atoms with Crippen LogP contribution in [0.5, 0.6) is 0 Å². The van der Waals surface area contributed by atoms with Crippen molar-refractivity contribution >= 4 is 11.6 Å². The van der Waals surface area contributed by atoms with Crippen LogP contribution in [0.15, 0.2) is 18.2 Å². The van der Waals surface area contributed by atoms with Crippen LogP contribution in [0.25, 0.3) is 0 Å². The Hall–Kier alpha value is -0.640. The molecule has 0 amide bonds. The van der Waals surface area contributed by atoms with E-state index in [-0.39, 0.29) is 23.7 Å². The van der Waals surface area contributed by atoms with E-state index in [1.54, 1.807) is 12.1 Å². The second kappa shape index (κ2) is 7.07. The summed E-state index contributed by atoms with van der Waals surface area (Å²) in [5.74, 6) is 0.0935. The van der Waals surface area contributed by atoms with E-state index in [1.807, 2.05) is 6.92 Å². The molecule has 0 aromatic heterocycles. The van der Waals surface area contributed by atoms with Crippen molar-refractivity contribution in [3.63, 3.8) is 0 Å². The molecule has 4 heteroatoms. The fourth-order valence-electron chi connectivity index (χ4n) is 2.00. The van der Waals surface area contributed by atoms with Gasteiger partial charge in [-0.25, -0.2) is 4.39 Å². The van der Waals surface area contributed by atoms with E-state index >= 15 is 0 Å². The quantitative estimate of drug-likeness (QED) is 0.831. The van der Waals surface area contributed by atoms with Crippen molar-refractivity contribution in [1.29, 1.82) is 0 Å². The summed E-state index contributed by atoms with van der Waals surface area (Å²) in [5.41, 5.74) is 0.833. The van der Waals surface area contributed by atoms with Gasteiger partial charge in [0.25, 0.3) is 0 Å². The standard InChI is InChI=1S/C14H21ClFNO/c1-9(2)6-12(8-18)17-10(3)11-4-5-13(15)14(16)7-11/h4-5,7,9-10,12,17-18H,6,8H2,1-3H3. The molecule has 2 atom stereocenters. The molecule has 0 aliphatic heterocycles. The summed E-state index contributed by atoms with van der Waals surface area (Å²) in [6, 6.07) is 4.80. The Morgan fingerprint density at radius 2 is 2.00 bits per heavy atom. The van der Waals surface area contributed by atoms with Crippen molar-refractivity contribution in [2.45, 2.75) is 39.3 Å². The second-order valence-corrected chi connectivity index (χ2v) is 5.48. The third-order valence-corrected chi connectivity index (χ3v) is 3.21. The largest absolute Gasteiger partial charge is 0.395 e. The molecule has 1 aromatic rings. The molecule has 0 saturated carbocycles. The van der Waals surface area contributed by atoms with Gasteiger partial charge in [-0.1, -0.05) is 31.5 Å². The first-order chi connectivity index (χ1) is 8.43. The van der Waals surface area contributed by atoms with Gasteiger partial charge in [0.2, 0.25) is 0 Å². The lowest BCUT2D eigenvalue weighted by Gasteiger charge is -2.23. The molecule has 0 heterocycles. The Morgan fingerprint density at radius 1 is 1.33 bits per heavy atom. The third kappa shape index (κ3) is 4.56. The SMILES string of the molecule is CC(C)CC(CO)NC(C)c1ccc(Cl)c(F)c1. The van der Waals surface area contributed by atoms with Crippen LogP contribution in [0.4, 0.5) is 4.39 Å². The number of aliphatic hydroxyl groups is 1. The zero-order valence-electron chi connectivity index (χ0n) is 11.1. The molecule has 0 radical (unpaired) electrons. The number of hydrogen-bond acceptors (Lipinski definition) is 2. The molecule has 0 spiro atoms. The molecule has 18 heavy (non-hydrogen) atoms. The highest BCUT2D eigenvalue weighted by Crippen LogP contribution is 2.21. The first-order valence-corrected chi connectivity index (χ1v) is 6.63. The van der Waals surface area contributed by atoms with E-state index in [1.165, 1.54) is 6.07 Å². The number of rotatable bonds is 6. The van der Waals surface area contributed by atoms with Gasteiger partial charge < -0.3 is 10.4 Å². The topological polar surface area (TPSA) is 32.3 Å². The summed E-state index contributed by atoms with van der Waals surface area (Å²) in [7, 11) is 0. The lowest BCUT2D eigenvalue weighted by molar-refractivity contribution is 0.215. The summed E-state index contributed by atoms with van der Waals surface area (Å²) in [5, 5.41) is 12.7. The van der Waals surface area contributed by atoms with Crippen molar-refractivity contribution in [2.24, 2.45) is 5.92 Å². The Morgan fingerprint density at radius 3 is 2.50 bits per heavy atom. The van der Waals surface area contributed by atoms with Crippen LogP contribution in [-0.2, 0) is 0 Å². The predicted molar refractivity (Wildman–Crippen MR) is 73.3 cm³/mol. The highest BCUT2D eigenvalue weighted by atomic mass is 35.5. The van der Waals surface area contributed by atoms with Crippen LogP contribution < -0.4 is 5.32 Å². The lowest BCUT2D eigenvalue weighted by atomic mass is 10.0. The molecule has 0 aliphatic rings. The molecular formula is C14H21ClFNO. The van der Waals surface area contributed by atoms with Crippen molar-refractivity contribution in [2.75, 3.05) is 6.61 Å². The average molecular weight is 274 g/mol. The van der Waals surface area contributed by atoms with E-state index in [9.17, 15) is 9.50 Å². The minimum absolute atomic E-state index is 0.0207. The van der Waals surface area contributed by atoms with Crippen LogP contribution in [-0.4, -0.2) is 17.8 Å². The monoisotopic (exact) mass is 273 g/mol. The summed E-state index contributed by atoms with van der Waals surface area (Å²) in [4.78, 5) is 0. The molecule has 2 unspecified atom stereocenters. The summed E-state index contributed by atoms with van der Waals surface area (Å²) in [6.07, 6.45) is 0.886. The molecule has 1 aromatic carbocycles. The molecule has 2 nitrogen and oxygen atoms in total. The van der Waals surface area contributed by atoms with E-state index < -0.39 is 5.82 Å². The maximum absolute atomic E-state index is 13.4. The van der Waals surface area contributed by atoms with Crippen LogP contribution >= 0.6 is 11.6 Å². The van der Waals surface area contributed by atoms with Gasteiger partial charge >= 0.3 is 0 Å². The van der Waals surface area contributed by atoms with Crippen molar-refractivity contribution < 1.29 is 9.50 Å². The van der Waals surface area contributed by atoms with Gasteiger partial charge in [0.15, 0.2) is 0 Å². The van der Waals surface area contributed by atoms with E-state index in [4.69, 9.17) is 11.6 Å². The summed E-state index contributed by atoms with van der Waals surface area (Å²) in [6.45, 7) is 6.25. The van der Waals surface area contributed by atoms with E-state index in [2.05, 4.69) is 19.2 Å². The van der Waals surface area contributed by atoms with Gasteiger partial charge in [-0.15, -0.1) is 0 Å². The molecule has 0 bridgehead atoms. The maximum atomic E-state index is 13.4. The Balaban J connectivity index is 2.68. The predicted octanol–water partition coefficient (Wildman–Crippen LogP) is 3.54. The minimum atomic E-state index is -0.410. The van der Waals surface area contributed by atoms with Crippen molar-refractivity contribution in [3.8, 4) is 0 Å². The van der Waals surface area contributed by atoms with Gasteiger partial charge in [0, 0.05) is 12.1 Å². The molecule has 2 N–H and O–H groups in total. The van der Waals surface area contributed by atoms with Gasteiger partial charge in [0.1, 0.15) is 5.82 Å².